The number of hydrogen-bond donors (Lipinski definition) is 2. The molecule has 0 saturated carbocycles. The van der Waals surface area contributed by atoms with Gasteiger partial charge in [-0.3, -0.25) is 4.90 Å². The molecule has 4 heteroatoms. The quantitative estimate of drug-likeness (QED) is 0.710. The number of β-amino-alcohol motifs (C(OH)–C–C–N with tert-alkyl or cyclic N) is 1. The molecule has 1 atom stereocenters. The van der Waals surface area contributed by atoms with Crippen LogP contribution in [-0.2, 0) is 0 Å². The van der Waals surface area contributed by atoms with E-state index >= 15 is 0 Å². The van der Waals surface area contributed by atoms with Crippen LogP contribution in [-0.4, -0.2) is 73.9 Å². The van der Waals surface area contributed by atoms with Gasteiger partial charge in [0, 0.05) is 32.7 Å². The molecule has 2 aliphatic heterocycles. The van der Waals surface area contributed by atoms with E-state index in [4.69, 9.17) is 5.11 Å². The van der Waals surface area contributed by atoms with E-state index in [1.165, 1.54) is 52.0 Å². The van der Waals surface area contributed by atoms with Crippen molar-refractivity contribution in [2.24, 2.45) is 5.92 Å². The van der Waals surface area contributed by atoms with E-state index in [2.05, 4.69) is 15.1 Å². The van der Waals surface area contributed by atoms with Gasteiger partial charge in [0.15, 0.2) is 0 Å². The van der Waals surface area contributed by atoms with Crippen LogP contribution in [0.15, 0.2) is 0 Å². The van der Waals surface area contributed by atoms with E-state index in [0.29, 0.717) is 6.61 Å². The molecular formula is C13H27N3O. The molecule has 0 aromatic carbocycles. The molecule has 0 aliphatic carbocycles. The second kappa shape index (κ2) is 7.31. The topological polar surface area (TPSA) is 38.7 Å². The lowest BCUT2D eigenvalue weighted by Crippen LogP contribution is -2.47. The van der Waals surface area contributed by atoms with Gasteiger partial charge in [-0.05, 0) is 44.8 Å². The fourth-order valence-corrected chi connectivity index (χ4v) is 2.91. The number of nitrogens with one attached hydrogen (secondary N) is 1. The van der Waals surface area contributed by atoms with Gasteiger partial charge in [0.05, 0.1) is 6.61 Å². The highest BCUT2D eigenvalue weighted by Crippen LogP contribution is 2.15. The van der Waals surface area contributed by atoms with Crippen LogP contribution < -0.4 is 5.32 Å². The Hall–Kier alpha value is -0.160. The van der Waals surface area contributed by atoms with Crippen molar-refractivity contribution < 1.29 is 5.11 Å². The van der Waals surface area contributed by atoms with Crippen LogP contribution in [0.2, 0.25) is 0 Å². The van der Waals surface area contributed by atoms with Crippen LogP contribution in [0.25, 0.3) is 0 Å². The van der Waals surface area contributed by atoms with Crippen molar-refractivity contribution in [1.29, 1.82) is 0 Å². The molecule has 2 saturated heterocycles. The van der Waals surface area contributed by atoms with Crippen molar-refractivity contribution in [2.75, 3.05) is 59.0 Å². The predicted octanol–water partition coefficient (Wildman–Crippen LogP) is -0.0140. The summed E-state index contributed by atoms with van der Waals surface area (Å²) in [4.78, 5) is 4.95. The van der Waals surface area contributed by atoms with Crippen LogP contribution in [0, 0.1) is 5.92 Å². The lowest BCUT2D eigenvalue weighted by Gasteiger charge is -2.35. The molecule has 2 heterocycles. The first-order valence-corrected chi connectivity index (χ1v) is 7.15. The zero-order valence-electron chi connectivity index (χ0n) is 10.9. The van der Waals surface area contributed by atoms with Gasteiger partial charge in [-0.25, -0.2) is 0 Å². The number of aliphatic hydroxyl groups excluding tert-OH is 1. The first-order chi connectivity index (χ1) is 8.38. The number of rotatable bonds is 5. The highest BCUT2D eigenvalue weighted by Gasteiger charge is 2.18. The number of piperazine rings is 1. The van der Waals surface area contributed by atoms with Crippen molar-refractivity contribution in [2.45, 2.75) is 19.3 Å². The summed E-state index contributed by atoms with van der Waals surface area (Å²) in [6.07, 6.45) is 4.12. The zero-order chi connectivity index (χ0) is 11.9. The molecule has 2 fully saturated rings. The molecule has 2 rings (SSSR count). The molecule has 0 aromatic heterocycles. The molecule has 2 N–H and O–H groups in total. The van der Waals surface area contributed by atoms with Crippen LogP contribution in [0.1, 0.15) is 19.3 Å². The molecule has 17 heavy (non-hydrogen) atoms. The number of aliphatic hydroxyl groups is 1. The maximum Gasteiger partial charge on any atom is 0.0558 e. The SMILES string of the molecule is OCCN1CCN(CC[C@H]2CCCNC2)CC1. The number of nitrogens with zero attached hydrogens (tertiary/aromatic N) is 2. The summed E-state index contributed by atoms with van der Waals surface area (Å²) in [6.45, 7) is 9.47. The average Bonchev–Trinajstić information content (AvgIpc) is 2.40. The van der Waals surface area contributed by atoms with E-state index in [9.17, 15) is 0 Å². The molecule has 0 amide bonds. The standard InChI is InChI=1S/C13H27N3O/c17-11-10-16-8-6-15(7-9-16)5-3-13-2-1-4-14-12-13/h13-14,17H,1-12H2/t13-/m1/s1. The highest BCUT2D eigenvalue weighted by molar-refractivity contribution is 4.75. The minimum atomic E-state index is 0.299. The van der Waals surface area contributed by atoms with E-state index in [1.54, 1.807) is 0 Å². The maximum absolute atomic E-state index is 8.90. The Labute approximate surface area is 105 Å². The normalized spacial score (nSPS) is 28.4. The van der Waals surface area contributed by atoms with E-state index in [-0.39, 0.29) is 0 Å². The minimum absolute atomic E-state index is 0.299. The highest BCUT2D eigenvalue weighted by atomic mass is 16.3. The van der Waals surface area contributed by atoms with Gasteiger partial charge in [0.2, 0.25) is 0 Å². The molecule has 4 nitrogen and oxygen atoms in total. The van der Waals surface area contributed by atoms with E-state index in [1.807, 2.05) is 0 Å². The third-order valence-electron chi connectivity index (χ3n) is 4.13. The first kappa shape index (κ1) is 13.3. The molecule has 0 bridgehead atoms. The van der Waals surface area contributed by atoms with Crippen molar-refractivity contribution in [3.8, 4) is 0 Å². The van der Waals surface area contributed by atoms with Gasteiger partial charge in [0.25, 0.3) is 0 Å². The van der Waals surface area contributed by atoms with Gasteiger partial charge in [-0.15, -0.1) is 0 Å². The summed E-state index contributed by atoms with van der Waals surface area (Å²) in [5.74, 6) is 0.902. The number of piperidine rings is 1. The van der Waals surface area contributed by atoms with Crippen molar-refractivity contribution in [1.82, 2.24) is 15.1 Å². The van der Waals surface area contributed by atoms with Crippen LogP contribution in [0.3, 0.4) is 0 Å². The Morgan fingerprint density at radius 3 is 2.35 bits per heavy atom. The molecule has 2 aliphatic rings. The monoisotopic (exact) mass is 241 g/mol. The predicted molar refractivity (Wildman–Crippen MR) is 70.2 cm³/mol. The Morgan fingerprint density at radius 2 is 1.76 bits per heavy atom. The molecule has 0 aromatic rings. The largest absolute Gasteiger partial charge is 0.395 e. The Bertz CT molecular complexity index is 199. The second-order valence-electron chi connectivity index (χ2n) is 5.41. The van der Waals surface area contributed by atoms with Gasteiger partial charge in [-0.2, -0.15) is 0 Å². The third kappa shape index (κ3) is 4.54. The fourth-order valence-electron chi connectivity index (χ4n) is 2.91. The third-order valence-corrected chi connectivity index (χ3v) is 4.13. The molecule has 0 spiro atoms. The molecule has 100 valence electrons. The Kier molecular flexibility index (Phi) is 5.71. The first-order valence-electron chi connectivity index (χ1n) is 7.15. The van der Waals surface area contributed by atoms with E-state index in [0.717, 1.165) is 25.6 Å². The maximum atomic E-state index is 8.90. The van der Waals surface area contributed by atoms with Crippen LogP contribution >= 0.6 is 0 Å². The summed E-state index contributed by atoms with van der Waals surface area (Å²) in [6, 6.07) is 0. The zero-order valence-corrected chi connectivity index (χ0v) is 10.9. The van der Waals surface area contributed by atoms with E-state index < -0.39 is 0 Å². The average molecular weight is 241 g/mol. The summed E-state index contributed by atoms with van der Waals surface area (Å²) < 4.78 is 0. The molecule has 0 radical (unpaired) electrons. The smallest absolute Gasteiger partial charge is 0.0558 e. The van der Waals surface area contributed by atoms with Gasteiger partial charge >= 0.3 is 0 Å². The number of hydrogen-bond acceptors (Lipinski definition) is 4. The Balaban J connectivity index is 1.57. The van der Waals surface area contributed by atoms with Crippen LogP contribution in [0.5, 0.6) is 0 Å². The molecular weight excluding hydrogens is 214 g/mol. The second-order valence-corrected chi connectivity index (χ2v) is 5.41. The van der Waals surface area contributed by atoms with Crippen molar-refractivity contribution in [3.05, 3.63) is 0 Å². The van der Waals surface area contributed by atoms with Gasteiger partial charge in [0.1, 0.15) is 0 Å². The Morgan fingerprint density at radius 1 is 1.06 bits per heavy atom. The van der Waals surface area contributed by atoms with Gasteiger partial charge < -0.3 is 15.3 Å². The lowest BCUT2D eigenvalue weighted by atomic mass is 9.96. The lowest BCUT2D eigenvalue weighted by molar-refractivity contribution is 0.107. The van der Waals surface area contributed by atoms with Crippen LogP contribution in [0.4, 0.5) is 0 Å². The fraction of sp³-hybridized carbons (Fsp3) is 1.00. The summed E-state index contributed by atoms with van der Waals surface area (Å²) >= 11 is 0. The van der Waals surface area contributed by atoms with Gasteiger partial charge in [-0.1, -0.05) is 0 Å². The summed E-state index contributed by atoms with van der Waals surface area (Å²) in [7, 11) is 0. The van der Waals surface area contributed by atoms with Crippen molar-refractivity contribution >= 4 is 0 Å². The summed E-state index contributed by atoms with van der Waals surface area (Å²) in [5, 5.41) is 12.4. The minimum Gasteiger partial charge on any atom is -0.395 e. The summed E-state index contributed by atoms with van der Waals surface area (Å²) in [5.41, 5.74) is 0. The van der Waals surface area contributed by atoms with Crippen molar-refractivity contribution in [3.63, 3.8) is 0 Å². The molecule has 0 unspecified atom stereocenters.